The summed E-state index contributed by atoms with van der Waals surface area (Å²) in [5.41, 5.74) is 3.18. The molecule has 134 valence electrons. The Labute approximate surface area is 148 Å². The summed E-state index contributed by atoms with van der Waals surface area (Å²) in [6, 6.07) is 7.87. The molecule has 2 N–H and O–H groups in total. The molecule has 6 heteroatoms. The molecule has 0 saturated carbocycles. The Morgan fingerprint density at radius 1 is 1.36 bits per heavy atom. The first-order valence-corrected chi connectivity index (χ1v) is 8.74. The highest BCUT2D eigenvalue weighted by Crippen LogP contribution is 2.26. The van der Waals surface area contributed by atoms with Crippen LogP contribution in [0.1, 0.15) is 32.2 Å². The van der Waals surface area contributed by atoms with Gasteiger partial charge in [0.1, 0.15) is 11.6 Å². The summed E-state index contributed by atoms with van der Waals surface area (Å²) in [6.45, 7) is 7.46. The number of aromatic amines is 1. The van der Waals surface area contributed by atoms with Crippen LogP contribution in [-0.4, -0.2) is 46.5 Å². The molecule has 25 heavy (non-hydrogen) atoms. The van der Waals surface area contributed by atoms with Crippen molar-refractivity contribution in [2.75, 3.05) is 13.7 Å². The fourth-order valence-corrected chi connectivity index (χ4v) is 3.12. The number of amides is 1. The Kier molecular flexibility index (Phi) is 5.08. The lowest BCUT2D eigenvalue weighted by Gasteiger charge is -2.31. The second-order valence-corrected chi connectivity index (χ2v) is 6.80. The van der Waals surface area contributed by atoms with Gasteiger partial charge in [-0.2, -0.15) is 0 Å². The third kappa shape index (κ3) is 3.85. The van der Waals surface area contributed by atoms with Gasteiger partial charge in [-0.3, -0.25) is 9.69 Å². The zero-order chi connectivity index (χ0) is 18.0. The van der Waals surface area contributed by atoms with E-state index in [0.717, 1.165) is 41.5 Å². The summed E-state index contributed by atoms with van der Waals surface area (Å²) < 4.78 is 5.29. The van der Waals surface area contributed by atoms with Crippen LogP contribution in [0.25, 0.3) is 11.4 Å². The minimum Gasteiger partial charge on any atom is -0.497 e. The maximum Gasteiger partial charge on any atom is 0.237 e. The zero-order valence-electron chi connectivity index (χ0n) is 15.3. The molecule has 0 fully saturated rings. The van der Waals surface area contributed by atoms with Crippen LogP contribution in [0.5, 0.6) is 5.75 Å². The fourth-order valence-electron chi connectivity index (χ4n) is 3.12. The minimum absolute atomic E-state index is 0.0750. The highest BCUT2D eigenvalue weighted by molar-refractivity contribution is 5.81. The number of hydrogen-bond donors (Lipinski definition) is 2. The molecule has 1 unspecified atom stereocenters. The van der Waals surface area contributed by atoms with Crippen molar-refractivity contribution in [1.29, 1.82) is 0 Å². The van der Waals surface area contributed by atoms with Gasteiger partial charge in [-0.1, -0.05) is 12.1 Å². The van der Waals surface area contributed by atoms with Gasteiger partial charge in [0.2, 0.25) is 5.91 Å². The van der Waals surface area contributed by atoms with Crippen molar-refractivity contribution in [1.82, 2.24) is 20.2 Å². The van der Waals surface area contributed by atoms with Crippen LogP contribution in [0.2, 0.25) is 0 Å². The summed E-state index contributed by atoms with van der Waals surface area (Å²) in [5, 5.41) is 2.99. The Balaban J connectivity index is 1.76. The van der Waals surface area contributed by atoms with Crippen LogP contribution in [0.15, 0.2) is 24.3 Å². The van der Waals surface area contributed by atoms with Crippen LogP contribution in [0.3, 0.4) is 0 Å². The van der Waals surface area contributed by atoms with Crippen LogP contribution in [0, 0.1) is 0 Å². The lowest BCUT2D eigenvalue weighted by atomic mass is 10.1. The smallest absolute Gasteiger partial charge is 0.237 e. The van der Waals surface area contributed by atoms with Gasteiger partial charge in [0, 0.05) is 31.1 Å². The van der Waals surface area contributed by atoms with Crippen molar-refractivity contribution in [3.63, 3.8) is 0 Å². The number of methoxy groups -OCH3 is 1. The zero-order valence-corrected chi connectivity index (χ0v) is 15.3. The van der Waals surface area contributed by atoms with E-state index in [1.54, 1.807) is 7.11 Å². The number of carbonyl (C=O) groups excluding carboxylic acids is 1. The van der Waals surface area contributed by atoms with Gasteiger partial charge in [0.15, 0.2) is 0 Å². The number of fused-ring (bicyclic) bond motifs is 1. The van der Waals surface area contributed by atoms with Crippen LogP contribution < -0.4 is 10.1 Å². The highest BCUT2D eigenvalue weighted by Gasteiger charge is 2.27. The average Bonchev–Trinajstić information content (AvgIpc) is 3.03. The number of benzene rings is 1. The average molecular weight is 342 g/mol. The van der Waals surface area contributed by atoms with Gasteiger partial charge >= 0.3 is 0 Å². The topological polar surface area (TPSA) is 70.2 Å². The van der Waals surface area contributed by atoms with Gasteiger partial charge in [-0.05, 0) is 32.9 Å². The maximum absolute atomic E-state index is 12.3. The van der Waals surface area contributed by atoms with Gasteiger partial charge in [0.05, 0.1) is 24.5 Å². The first-order chi connectivity index (χ1) is 12.0. The van der Waals surface area contributed by atoms with E-state index >= 15 is 0 Å². The lowest BCUT2D eigenvalue weighted by Crippen LogP contribution is -2.48. The summed E-state index contributed by atoms with van der Waals surface area (Å²) in [5.74, 6) is 1.74. The molecule has 1 aromatic heterocycles. The number of aromatic nitrogens is 2. The summed E-state index contributed by atoms with van der Waals surface area (Å²) in [7, 11) is 1.66. The normalized spacial score (nSPS) is 15.7. The van der Waals surface area contributed by atoms with Crippen molar-refractivity contribution in [3.8, 4) is 17.1 Å². The summed E-state index contributed by atoms with van der Waals surface area (Å²) in [6.07, 6.45) is 0.842. The van der Waals surface area contributed by atoms with E-state index in [1.807, 2.05) is 45.0 Å². The number of imidazole rings is 1. The van der Waals surface area contributed by atoms with E-state index in [1.165, 1.54) is 0 Å². The Morgan fingerprint density at radius 2 is 2.16 bits per heavy atom. The molecule has 0 bridgehead atoms. The molecule has 1 aromatic carbocycles. The van der Waals surface area contributed by atoms with E-state index in [0.29, 0.717) is 6.54 Å². The van der Waals surface area contributed by atoms with Crippen molar-refractivity contribution in [2.45, 2.75) is 45.8 Å². The molecule has 3 rings (SSSR count). The molecule has 0 spiro atoms. The molecule has 1 amide bonds. The van der Waals surface area contributed by atoms with Crippen LogP contribution in [0.4, 0.5) is 0 Å². The van der Waals surface area contributed by atoms with E-state index < -0.39 is 0 Å². The Morgan fingerprint density at radius 3 is 2.88 bits per heavy atom. The second kappa shape index (κ2) is 7.27. The number of carbonyl (C=O) groups is 1. The lowest BCUT2D eigenvalue weighted by molar-refractivity contribution is -0.126. The van der Waals surface area contributed by atoms with Crippen molar-refractivity contribution in [2.24, 2.45) is 0 Å². The number of hydrogen-bond acceptors (Lipinski definition) is 4. The maximum atomic E-state index is 12.3. The van der Waals surface area contributed by atoms with E-state index in [9.17, 15) is 4.79 Å². The number of rotatable bonds is 5. The number of nitrogens with one attached hydrogen (secondary N) is 2. The molecule has 1 atom stereocenters. The van der Waals surface area contributed by atoms with E-state index in [-0.39, 0.29) is 18.0 Å². The third-order valence-electron chi connectivity index (χ3n) is 4.56. The predicted octanol–water partition coefficient (Wildman–Crippen LogP) is 2.36. The van der Waals surface area contributed by atoms with Crippen molar-refractivity contribution >= 4 is 5.91 Å². The Bertz CT molecular complexity index is 754. The quantitative estimate of drug-likeness (QED) is 0.875. The van der Waals surface area contributed by atoms with Crippen molar-refractivity contribution < 1.29 is 9.53 Å². The monoisotopic (exact) mass is 342 g/mol. The molecule has 2 heterocycles. The molecular formula is C19H26N4O2. The van der Waals surface area contributed by atoms with Crippen LogP contribution in [-0.2, 0) is 17.8 Å². The van der Waals surface area contributed by atoms with Crippen LogP contribution >= 0.6 is 0 Å². The van der Waals surface area contributed by atoms with Gasteiger partial charge in [-0.25, -0.2) is 4.98 Å². The fraction of sp³-hybridized carbons (Fsp3) is 0.474. The molecule has 2 aromatic rings. The van der Waals surface area contributed by atoms with Gasteiger partial charge in [-0.15, -0.1) is 0 Å². The van der Waals surface area contributed by atoms with Gasteiger partial charge < -0.3 is 15.0 Å². The highest BCUT2D eigenvalue weighted by atomic mass is 16.5. The largest absolute Gasteiger partial charge is 0.497 e. The van der Waals surface area contributed by atoms with Gasteiger partial charge in [0.25, 0.3) is 0 Å². The minimum atomic E-state index is -0.154. The molecule has 6 nitrogen and oxygen atoms in total. The number of nitrogens with zero attached hydrogens (tertiary/aromatic N) is 2. The predicted molar refractivity (Wildman–Crippen MR) is 97.4 cm³/mol. The molecular weight excluding hydrogens is 316 g/mol. The molecule has 0 aliphatic carbocycles. The first kappa shape index (κ1) is 17.5. The molecule has 0 saturated heterocycles. The first-order valence-electron chi connectivity index (χ1n) is 8.74. The van der Waals surface area contributed by atoms with E-state index in [2.05, 4.69) is 15.2 Å². The second-order valence-electron chi connectivity index (χ2n) is 6.80. The molecule has 1 aliphatic heterocycles. The number of ether oxygens (including phenoxy) is 1. The van der Waals surface area contributed by atoms with E-state index in [4.69, 9.17) is 9.72 Å². The third-order valence-corrected chi connectivity index (χ3v) is 4.56. The SMILES string of the molecule is COc1cccc(-c2nc3c([nH]2)CN(C(C)C(=O)NC(C)C)CC3)c1. The standard InChI is InChI=1S/C19H26N4O2/c1-12(2)20-19(24)13(3)23-9-8-16-17(11-23)22-18(21-16)14-6-5-7-15(10-14)25-4/h5-7,10,12-13H,8-9,11H2,1-4H3,(H,20,24)(H,21,22). The molecule has 1 aliphatic rings. The van der Waals surface area contributed by atoms with Crippen molar-refractivity contribution in [3.05, 3.63) is 35.7 Å². The summed E-state index contributed by atoms with van der Waals surface area (Å²) in [4.78, 5) is 22.6. The Hall–Kier alpha value is -2.34. The molecule has 0 radical (unpaired) electrons. The summed E-state index contributed by atoms with van der Waals surface area (Å²) >= 11 is 0. The number of H-pyrrole nitrogens is 1.